The molecule has 2 aliphatic rings. The number of thiazole rings is 1. The minimum absolute atomic E-state index is 0. The summed E-state index contributed by atoms with van der Waals surface area (Å²) in [6, 6.07) is 7.08. The first kappa shape index (κ1) is 24.0. The smallest absolute Gasteiger partial charge is 0.280 e. The van der Waals surface area contributed by atoms with Crippen molar-refractivity contribution in [1.29, 1.82) is 0 Å². The Morgan fingerprint density at radius 1 is 1.21 bits per heavy atom. The van der Waals surface area contributed by atoms with Gasteiger partial charge in [-0.1, -0.05) is 18.5 Å². The van der Waals surface area contributed by atoms with Crippen molar-refractivity contribution in [3.05, 3.63) is 50.6 Å². The first-order valence-corrected chi connectivity index (χ1v) is 12.3. The third-order valence-corrected chi connectivity index (χ3v) is 7.74. The average Bonchev–Trinajstić information content (AvgIpc) is 3.51. The summed E-state index contributed by atoms with van der Waals surface area (Å²) in [5.41, 5.74) is 2.41. The number of benzene rings is 1. The summed E-state index contributed by atoms with van der Waals surface area (Å²) in [7, 11) is 0. The lowest BCUT2D eigenvalue weighted by molar-refractivity contribution is 0.0889. The number of nitrogens with zero attached hydrogens (tertiary/aromatic N) is 2. The maximum Gasteiger partial charge on any atom is 0.280 e. The predicted molar refractivity (Wildman–Crippen MR) is 134 cm³/mol. The summed E-state index contributed by atoms with van der Waals surface area (Å²) >= 11 is 7.54. The molecular weight excluding hydrogens is 481 g/mol. The third kappa shape index (κ3) is 5.04. The second kappa shape index (κ2) is 10.0. The molecule has 1 fully saturated rings. The first-order chi connectivity index (χ1) is 15.5. The fourth-order valence-corrected chi connectivity index (χ4v) is 5.86. The van der Waals surface area contributed by atoms with Gasteiger partial charge < -0.3 is 15.6 Å². The Labute approximate surface area is 207 Å². The molecule has 0 saturated heterocycles. The van der Waals surface area contributed by atoms with Crippen LogP contribution in [0.3, 0.4) is 0 Å². The minimum atomic E-state index is -0.173. The van der Waals surface area contributed by atoms with Crippen LogP contribution in [0, 0.1) is 0 Å². The Hall–Kier alpha value is -2.13. The molecule has 176 valence electrons. The highest BCUT2D eigenvalue weighted by Gasteiger charge is 2.32. The highest BCUT2D eigenvalue weighted by Crippen LogP contribution is 2.26. The predicted octanol–water partition coefficient (Wildman–Crippen LogP) is 4.16. The number of H-pyrrole nitrogens is 1. The number of nitrogens with one attached hydrogen (secondary N) is 3. The highest BCUT2D eigenvalue weighted by atomic mass is 35.5. The molecule has 5 rings (SSSR count). The normalized spacial score (nSPS) is 20.3. The number of amides is 2. The van der Waals surface area contributed by atoms with Gasteiger partial charge in [0.15, 0.2) is 5.01 Å². The molecule has 1 aliphatic heterocycles. The number of aromatic nitrogens is 2. The molecule has 0 bridgehead atoms. The molecule has 2 aromatic heterocycles. The molecule has 33 heavy (non-hydrogen) atoms. The topological polar surface area (TPSA) is 90.1 Å². The molecule has 0 spiro atoms. The van der Waals surface area contributed by atoms with Crippen molar-refractivity contribution in [2.24, 2.45) is 0 Å². The van der Waals surface area contributed by atoms with Gasteiger partial charge in [0, 0.05) is 52.4 Å². The van der Waals surface area contributed by atoms with Gasteiger partial charge >= 0.3 is 0 Å². The number of hydrogen-bond donors (Lipinski definition) is 3. The van der Waals surface area contributed by atoms with Gasteiger partial charge in [-0.2, -0.15) is 0 Å². The van der Waals surface area contributed by atoms with Gasteiger partial charge in [-0.05, 0) is 50.1 Å². The van der Waals surface area contributed by atoms with Gasteiger partial charge in [-0.25, -0.2) is 4.98 Å². The van der Waals surface area contributed by atoms with Crippen molar-refractivity contribution >= 4 is 58.1 Å². The number of carbonyl (C=O) groups is 2. The molecule has 3 heterocycles. The van der Waals surface area contributed by atoms with Crippen molar-refractivity contribution in [1.82, 2.24) is 25.5 Å². The van der Waals surface area contributed by atoms with Gasteiger partial charge in [0.05, 0.1) is 5.69 Å². The lowest BCUT2D eigenvalue weighted by Gasteiger charge is -2.23. The minimum Gasteiger partial charge on any atom is -0.351 e. The van der Waals surface area contributed by atoms with Crippen LogP contribution in [0.1, 0.15) is 57.0 Å². The molecule has 1 saturated carbocycles. The molecule has 0 radical (unpaired) electrons. The molecule has 7 nitrogen and oxygen atoms in total. The van der Waals surface area contributed by atoms with E-state index in [0.29, 0.717) is 15.7 Å². The summed E-state index contributed by atoms with van der Waals surface area (Å²) in [5, 5.41) is 8.28. The largest absolute Gasteiger partial charge is 0.351 e. The van der Waals surface area contributed by atoms with Crippen LogP contribution in [0.2, 0.25) is 5.02 Å². The molecule has 10 heteroatoms. The summed E-state index contributed by atoms with van der Waals surface area (Å²) in [6.07, 6.45) is 3.53. The van der Waals surface area contributed by atoms with Crippen molar-refractivity contribution in [3.8, 4) is 0 Å². The van der Waals surface area contributed by atoms with Crippen molar-refractivity contribution in [2.45, 2.75) is 51.2 Å². The third-order valence-electron chi connectivity index (χ3n) is 6.43. The van der Waals surface area contributed by atoms with Crippen molar-refractivity contribution in [3.63, 3.8) is 0 Å². The van der Waals surface area contributed by atoms with E-state index in [1.165, 1.54) is 16.2 Å². The van der Waals surface area contributed by atoms with Gasteiger partial charge in [0.25, 0.3) is 11.8 Å². The van der Waals surface area contributed by atoms with Crippen LogP contribution in [0.4, 0.5) is 0 Å². The Bertz CT molecular complexity index is 1180. The number of halogens is 2. The monoisotopic (exact) mass is 507 g/mol. The molecule has 1 aliphatic carbocycles. The number of carbonyl (C=O) groups excluding carboxylic acids is 2. The van der Waals surface area contributed by atoms with Gasteiger partial charge in [0.1, 0.15) is 5.69 Å². The van der Waals surface area contributed by atoms with E-state index in [4.69, 9.17) is 11.6 Å². The van der Waals surface area contributed by atoms with Crippen LogP contribution in [0.25, 0.3) is 10.9 Å². The van der Waals surface area contributed by atoms with E-state index in [0.717, 1.165) is 61.9 Å². The molecule has 1 aromatic carbocycles. The second-order valence-electron chi connectivity index (χ2n) is 8.51. The standard InChI is InChI=1S/C23H26ClN5O2S.ClH/c1-2-29-9-8-18-20(12-29)32-23(28-18)22(31)27-17-5-3-4-16(17)26-21(30)19-11-13-10-14(24)6-7-15(13)25-19;/h6-7,10-11,16-17,25H,2-5,8-9,12H2,1H3,(H,26,30)(H,27,31);1H/t16-,17-;/m0./s1. The summed E-state index contributed by atoms with van der Waals surface area (Å²) < 4.78 is 0. The Morgan fingerprint density at radius 2 is 1.97 bits per heavy atom. The SMILES string of the molecule is CCN1CCc2nc(C(=O)N[C@H]3CCC[C@@H]3NC(=O)c3cc4cc(Cl)ccc4[nH]3)sc2C1.Cl. The lowest BCUT2D eigenvalue weighted by Crippen LogP contribution is -2.48. The Balaban J connectivity index is 0.00000259. The maximum atomic E-state index is 12.9. The van der Waals surface area contributed by atoms with Crippen molar-refractivity contribution in [2.75, 3.05) is 13.1 Å². The summed E-state index contributed by atoms with van der Waals surface area (Å²) in [5.74, 6) is -0.313. The number of hydrogen-bond acceptors (Lipinski definition) is 5. The number of likely N-dealkylation sites (N-methyl/N-ethyl adjacent to an activating group) is 1. The summed E-state index contributed by atoms with van der Waals surface area (Å²) in [6.45, 7) is 5.02. The maximum absolute atomic E-state index is 12.9. The van der Waals surface area contributed by atoms with Gasteiger partial charge in [0.2, 0.25) is 0 Å². The van der Waals surface area contributed by atoms with E-state index in [1.54, 1.807) is 12.1 Å². The summed E-state index contributed by atoms with van der Waals surface area (Å²) in [4.78, 5) is 37.1. The molecule has 2 atom stereocenters. The zero-order valence-electron chi connectivity index (χ0n) is 18.3. The van der Waals surface area contributed by atoms with Gasteiger partial charge in [-0.3, -0.25) is 14.5 Å². The van der Waals surface area contributed by atoms with E-state index in [9.17, 15) is 9.59 Å². The zero-order chi connectivity index (χ0) is 22.2. The first-order valence-electron chi connectivity index (χ1n) is 11.1. The van der Waals surface area contributed by atoms with Crippen LogP contribution in [-0.2, 0) is 13.0 Å². The van der Waals surface area contributed by atoms with E-state index in [-0.39, 0.29) is 36.3 Å². The number of fused-ring (bicyclic) bond motifs is 2. The molecule has 3 aromatic rings. The van der Waals surface area contributed by atoms with E-state index >= 15 is 0 Å². The Kier molecular flexibility index (Phi) is 7.28. The van der Waals surface area contributed by atoms with Crippen LogP contribution in [-0.4, -0.2) is 51.9 Å². The van der Waals surface area contributed by atoms with Crippen LogP contribution in [0.15, 0.2) is 24.3 Å². The van der Waals surface area contributed by atoms with Crippen molar-refractivity contribution < 1.29 is 9.59 Å². The average molecular weight is 508 g/mol. The quantitative estimate of drug-likeness (QED) is 0.483. The number of aromatic amines is 1. The fourth-order valence-electron chi connectivity index (χ4n) is 4.62. The zero-order valence-corrected chi connectivity index (χ0v) is 20.7. The van der Waals surface area contributed by atoms with Crippen LogP contribution >= 0.6 is 35.3 Å². The van der Waals surface area contributed by atoms with E-state index in [1.807, 2.05) is 12.1 Å². The van der Waals surface area contributed by atoms with E-state index in [2.05, 4.69) is 32.4 Å². The van der Waals surface area contributed by atoms with E-state index < -0.39 is 0 Å². The molecule has 3 N–H and O–H groups in total. The molecular formula is C23H27Cl2N5O2S. The Morgan fingerprint density at radius 3 is 2.73 bits per heavy atom. The fraction of sp³-hybridized carbons (Fsp3) is 0.435. The molecule has 2 amide bonds. The lowest BCUT2D eigenvalue weighted by atomic mass is 10.1. The van der Waals surface area contributed by atoms with Gasteiger partial charge in [-0.15, -0.1) is 23.7 Å². The second-order valence-corrected chi connectivity index (χ2v) is 10.0. The van der Waals surface area contributed by atoms with Crippen LogP contribution in [0.5, 0.6) is 0 Å². The molecule has 0 unspecified atom stereocenters. The number of rotatable bonds is 5. The highest BCUT2D eigenvalue weighted by molar-refractivity contribution is 7.13. The van der Waals surface area contributed by atoms with Crippen LogP contribution < -0.4 is 10.6 Å².